The molecule has 0 aliphatic carbocycles. The lowest BCUT2D eigenvalue weighted by molar-refractivity contribution is -0.139. The molecule has 3 heterocycles. The van der Waals surface area contributed by atoms with E-state index in [1.54, 1.807) is 4.68 Å². The predicted octanol–water partition coefficient (Wildman–Crippen LogP) is 1.26. The number of nitrogens with zero attached hydrogens (tertiary/aromatic N) is 4. The van der Waals surface area contributed by atoms with Crippen molar-refractivity contribution >= 4 is 11.8 Å². The van der Waals surface area contributed by atoms with Gasteiger partial charge in [0.1, 0.15) is 0 Å². The second-order valence-electron chi connectivity index (χ2n) is 7.85. The van der Waals surface area contributed by atoms with Gasteiger partial charge in [-0.3, -0.25) is 14.3 Å². The van der Waals surface area contributed by atoms with E-state index in [0.29, 0.717) is 19.4 Å². The molecule has 0 saturated carbocycles. The minimum Gasteiger partial charge on any atom is -0.396 e. The third-order valence-corrected chi connectivity index (χ3v) is 6.17. The molecule has 26 heavy (non-hydrogen) atoms. The van der Waals surface area contributed by atoms with E-state index in [1.165, 1.54) is 0 Å². The molecule has 2 aliphatic rings. The van der Waals surface area contributed by atoms with Gasteiger partial charge in [0, 0.05) is 51.9 Å². The standard InChI is InChI=1S/C19H30N4O3/c1-14-17(15(2)21(3)20-14)18(26)22-10-7-19(8-11-22)6-5-16(25)23(13-19)9-4-12-24/h24H,4-13H2,1-3H3. The molecule has 7 heteroatoms. The van der Waals surface area contributed by atoms with Gasteiger partial charge in [0.2, 0.25) is 5.91 Å². The van der Waals surface area contributed by atoms with Crippen molar-refractivity contribution in [1.29, 1.82) is 0 Å². The molecule has 0 atom stereocenters. The third-order valence-electron chi connectivity index (χ3n) is 6.17. The smallest absolute Gasteiger partial charge is 0.257 e. The SMILES string of the molecule is Cc1nn(C)c(C)c1C(=O)N1CCC2(CCC(=O)N(CCCO)C2)CC1. The first-order valence-corrected chi connectivity index (χ1v) is 9.55. The molecule has 2 saturated heterocycles. The van der Waals surface area contributed by atoms with Gasteiger partial charge in [-0.25, -0.2) is 0 Å². The molecule has 1 spiro atoms. The van der Waals surface area contributed by atoms with Gasteiger partial charge in [0.15, 0.2) is 0 Å². The van der Waals surface area contributed by atoms with Crippen molar-refractivity contribution in [2.24, 2.45) is 12.5 Å². The lowest BCUT2D eigenvalue weighted by atomic mass is 9.72. The zero-order valence-electron chi connectivity index (χ0n) is 16.1. The van der Waals surface area contributed by atoms with Crippen LogP contribution in [0.15, 0.2) is 0 Å². The van der Waals surface area contributed by atoms with Crippen LogP contribution in [0.5, 0.6) is 0 Å². The van der Waals surface area contributed by atoms with Crippen LogP contribution in [0.2, 0.25) is 0 Å². The molecule has 7 nitrogen and oxygen atoms in total. The summed E-state index contributed by atoms with van der Waals surface area (Å²) in [5.41, 5.74) is 2.55. The maximum atomic E-state index is 13.0. The fourth-order valence-electron chi connectivity index (χ4n) is 4.40. The van der Waals surface area contributed by atoms with Gasteiger partial charge >= 0.3 is 0 Å². The van der Waals surface area contributed by atoms with E-state index in [4.69, 9.17) is 5.11 Å². The Kier molecular flexibility index (Phi) is 5.37. The summed E-state index contributed by atoms with van der Waals surface area (Å²) in [4.78, 5) is 28.9. The number of hydrogen-bond acceptors (Lipinski definition) is 4. The highest BCUT2D eigenvalue weighted by Crippen LogP contribution is 2.40. The van der Waals surface area contributed by atoms with Gasteiger partial charge in [-0.15, -0.1) is 0 Å². The highest BCUT2D eigenvalue weighted by atomic mass is 16.3. The third kappa shape index (κ3) is 3.49. The number of aromatic nitrogens is 2. The highest BCUT2D eigenvalue weighted by molar-refractivity contribution is 5.96. The van der Waals surface area contributed by atoms with Crippen LogP contribution >= 0.6 is 0 Å². The number of aliphatic hydroxyl groups is 1. The predicted molar refractivity (Wildman–Crippen MR) is 97.8 cm³/mol. The second kappa shape index (κ2) is 7.39. The Bertz CT molecular complexity index is 689. The normalized spacial score (nSPS) is 20.1. The van der Waals surface area contributed by atoms with Crippen molar-refractivity contribution in [3.8, 4) is 0 Å². The molecule has 2 fully saturated rings. The molecule has 0 radical (unpaired) electrons. The maximum absolute atomic E-state index is 13.0. The summed E-state index contributed by atoms with van der Waals surface area (Å²) in [6.07, 6.45) is 3.99. The Morgan fingerprint density at radius 3 is 2.50 bits per heavy atom. The fourth-order valence-corrected chi connectivity index (χ4v) is 4.40. The van der Waals surface area contributed by atoms with Crippen LogP contribution in [0.25, 0.3) is 0 Å². The molecule has 2 amide bonds. The summed E-state index contributed by atoms with van der Waals surface area (Å²) in [7, 11) is 1.87. The molecule has 3 rings (SSSR count). The molecule has 0 bridgehead atoms. The molecule has 1 aromatic heterocycles. The van der Waals surface area contributed by atoms with Crippen molar-refractivity contribution in [3.05, 3.63) is 17.0 Å². The van der Waals surface area contributed by atoms with Crippen molar-refractivity contribution in [3.63, 3.8) is 0 Å². The average molecular weight is 362 g/mol. The summed E-state index contributed by atoms with van der Waals surface area (Å²) in [5.74, 6) is 0.274. The molecule has 2 aliphatic heterocycles. The molecule has 0 aromatic carbocycles. The van der Waals surface area contributed by atoms with Crippen molar-refractivity contribution in [2.45, 2.75) is 46.0 Å². The summed E-state index contributed by atoms with van der Waals surface area (Å²) in [5, 5.41) is 13.4. The number of piperidine rings is 2. The lowest BCUT2D eigenvalue weighted by Gasteiger charge is -2.47. The first-order valence-electron chi connectivity index (χ1n) is 9.55. The topological polar surface area (TPSA) is 78.7 Å². The van der Waals surface area contributed by atoms with E-state index in [0.717, 1.165) is 55.8 Å². The fraction of sp³-hybridized carbons (Fsp3) is 0.737. The van der Waals surface area contributed by atoms with Crippen LogP contribution in [0.3, 0.4) is 0 Å². The number of amides is 2. The number of carbonyl (C=O) groups excluding carboxylic acids is 2. The van der Waals surface area contributed by atoms with E-state index in [-0.39, 0.29) is 23.8 Å². The van der Waals surface area contributed by atoms with Crippen molar-refractivity contribution in [2.75, 3.05) is 32.8 Å². The summed E-state index contributed by atoms with van der Waals surface area (Å²) in [6.45, 7) is 6.79. The number of aliphatic hydroxyl groups excluding tert-OH is 1. The van der Waals surface area contributed by atoms with Gasteiger partial charge in [0.25, 0.3) is 5.91 Å². The van der Waals surface area contributed by atoms with E-state index < -0.39 is 0 Å². The number of likely N-dealkylation sites (tertiary alicyclic amines) is 2. The molecule has 1 N–H and O–H groups in total. The van der Waals surface area contributed by atoms with E-state index in [2.05, 4.69) is 5.10 Å². The minimum absolute atomic E-state index is 0.0759. The Hall–Kier alpha value is -1.89. The van der Waals surface area contributed by atoms with Crippen LogP contribution in [0.4, 0.5) is 0 Å². The van der Waals surface area contributed by atoms with Gasteiger partial charge in [0.05, 0.1) is 11.3 Å². The Balaban J connectivity index is 1.65. The molecule has 1 aromatic rings. The second-order valence-corrected chi connectivity index (χ2v) is 7.85. The maximum Gasteiger partial charge on any atom is 0.257 e. The van der Waals surface area contributed by atoms with E-state index in [9.17, 15) is 9.59 Å². The molecular weight excluding hydrogens is 332 g/mol. The first-order chi connectivity index (χ1) is 12.4. The van der Waals surface area contributed by atoms with Crippen molar-refractivity contribution < 1.29 is 14.7 Å². The van der Waals surface area contributed by atoms with E-state index in [1.807, 2.05) is 30.7 Å². The summed E-state index contributed by atoms with van der Waals surface area (Å²) in [6, 6.07) is 0. The van der Waals surface area contributed by atoms with Crippen LogP contribution in [-0.2, 0) is 11.8 Å². The quantitative estimate of drug-likeness (QED) is 0.875. The average Bonchev–Trinajstić information content (AvgIpc) is 2.88. The van der Waals surface area contributed by atoms with E-state index >= 15 is 0 Å². The first kappa shape index (κ1) is 18.9. The number of rotatable bonds is 4. The Morgan fingerprint density at radius 1 is 1.23 bits per heavy atom. The molecule has 0 unspecified atom stereocenters. The van der Waals surface area contributed by atoms with Crippen LogP contribution in [0, 0.1) is 19.3 Å². The monoisotopic (exact) mass is 362 g/mol. The summed E-state index contributed by atoms with van der Waals surface area (Å²) < 4.78 is 1.76. The Morgan fingerprint density at radius 2 is 1.92 bits per heavy atom. The van der Waals surface area contributed by atoms with Crippen LogP contribution in [-0.4, -0.2) is 69.3 Å². The lowest BCUT2D eigenvalue weighted by Crippen LogP contribution is -2.52. The molecule has 144 valence electrons. The zero-order chi connectivity index (χ0) is 18.9. The summed E-state index contributed by atoms with van der Waals surface area (Å²) >= 11 is 0. The molecular formula is C19H30N4O3. The zero-order valence-corrected chi connectivity index (χ0v) is 16.1. The minimum atomic E-state index is 0.0759. The van der Waals surface area contributed by atoms with Crippen molar-refractivity contribution in [1.82, 2.24) is 19.6 Å². The van der Waals surface area contributed by atoms with Gasteiger partial charge < -0.3 is 14.9 Å². The highest BCUT2D eigenvalue weighted by Gasteiger charge is 2.42. The number of aryl methyl sites for hydroxylation is 2. The van der Waals surface area contributed by atoms with Crippen LogP contribution in [0.1, 0.15) is 53.8 Å². The van der Waals surface area contributed by atoms with Gasteiger partial charge in [-0.05, 0) is 44.9 Å². The number of hydrogen-bond donors (Lipinski definition) is 1. The van der Waals surface area contributed by atoms with Gasteiger partial charge in [-0.1, -0.05) is 0 Å². The van der Waals surface area contributed by atoms with Gasteiger partial charge in [-0.2, -0.15) is 5.10 Å². The Labute approximate surface area is 155 Å². The largest absolute Gasteiger partial charge is 0.396 e. The number of carbonyl (C=O) groups is 2. The van der Waals surface area contributed by atoms with Crippen LogP contribution < -0.4 is 0 Å².